The first-order valence-corrected chi connectivity index (χ1v) is 3.93. The molecule has 0 saturated carbocycles. The van der Waals surface area contributed by atoms with Crippen molar-refractivity contribution in [2.45, 2.75) is 25.6 Å². The number of aliphatic hydroxyl groups is 2. The van der Waals surface area contributed by atoms with Crippen LogP contribution in [-0.2, 0) is 13.5 Å². The number of aryl methyl sites for hydroxylation is 1. The molecule has 0 aromatic carbocycles. The van der Waals surface area contributed by atoms with Gasteiger partial charge in [0.1, 0.15) is 0 Å². The molecule has 1 aromatic heterocycles. The van der Waals surface area contributed by atoms with Crippen LogP contribution in [0, 0.1) is 0 Å². The molecule has 1 heterocycles. The van der Waals surface area contributed by atoms with Gasteiger partial charge in [-0.2, -0.15) is 5.10 Å². The van der Waals surface area contributed by atoms with E-state index >= 15 is 0 Å². The minimum absolute atomic E-state index is 0.450. The topological polar surface area (TPSA) is 58.3 Å². The largest absolute Gasteiger partial charge is 0.391 e. The lowest BCUT2D eigenvalue weighted by Crippen LogP contribution is -2.24. The van der Waals surface area contributed by atoms with E-state index < -0.39 is 12.2 Å². The Hall–Kier alpha value is -0.870. The maximum atomic E-state index is 9.30. The van der Waals surface area contributed by atoms with Gasteiger partial charge in [-0.15, -0.1) is 0 Å². The van der Waals surface area contributed by atoms with E-state index in [1.165, 1.54) is 0 Å². The van der Waals surface area contributed by atoms with E-state index in [-0.39, 0.29) is 0 Å². The molecule has 0 radical (unpaired) electrons. The number of aromatic nitrogens is 2. The van der Waals surface area contributed by atoms with Crippen molar-refractivity contribution in [2.24, 2.45) is 7.05 Å². The fraction of sp³-hybridized carbons (Fsp3) is 0.625. The second kappa shape index (κ2) is 3.69. The van der Waals surface area contributed by atoms with Crippen LogP contribution in [0.5, 0.6) is 0 Å². The Kier molecular flexibility index (Phi) is 2.83. The van der Waals surface area contributed by atoms with Crippen molar-refractivity contribution in [2.75, 3.05) is 0 Å². The van der Waals surface area contributed by atoms with E-state index in [9.17, 15) is 5.11 Å². The van der Waals surface area contributed by atoms with Gasteiger partial charge in [0, 0.05) is 19.7 Å². The first-order chi connectivity index (χ1) is 5.59. The second-order valence-electron chi connectivity index (χ2n) is 3.03. The van der Waals surface area contributed by atoms with Crippen molar-refractivity contribution in [1.82, 2.24) is 9.78 Å². The molecule has 68 valence electrons. The summed E-state index contributed by atoms with van der Waals surface area (Å²) in [6.07, 6.45) is 2.57. The lowest BCUT2D eigenvalue weighted by atomic mass is 10.1. The summed E-state index contributed by atoms with van der Waals surface area (Å²) in [6.45, 7) is 1.57. The molecule has 0 aliphatic heterocycles. The first kappa shape index (κ1) is 9.22. The number of hydrogen-bond acceptors (Lipinski definition) is 3. The van der Waals surface area contributed by atoms with Gasteiger partial charge in [-0.05, 0) is 12.5 Å². The van der Waals surface area contributed by atoms with Crippen LogP contribution in [0.15, 0.2) is 12.4 Å². The fourth-order valence-corrected chi connectivity index (χ4v) is 0.989. The van der Waals surface area contributed by atoms with Crippen LogP contribution in [0.4, 0.5) is 0 Å². The molecule has 12 heavy (non-hydrogen) atoms. The molecule has 2 unspecified atom stereocenters. The quantitative estimate of drug-likeness (QED) is 0.655. The third-order valence-corrected chi connectivity index (χ3v) is 1.76. The van der Waals surface area contributed by atoms with Crippen LogP contribution in [0.2, 0.25) is 0 Å². The Labute approximate surface area is 71.5 Å². The van der Waals surface area contributed by atoms with Gasteiger partial charge in [0.15, 0.2) is 0 Å². The zero-order valence-corrected chi connectivity index (χ0v) is 7.31. The van der Waals surface area contributed by atoms with Gasteiger partial charge in [0.25, 0.3) is 0 Å². The highest BCUT2D eigenvalue weighted by atomic mass is 16.3. The standard InChI is InChI=1S/C8H14N2O2/c1-6(11)8(12)3-7-4-9-10(2)5-7/h4-6,8,11-12H,3H2,1-2H3. The van der Waals surface area contributed by atoms with Crippen molar-refractivity contribution in [1.29, 1.82) is 0 Å². The van der Waals surface area contributed by atoms with E-state index in [0.717, 1.165) is 5.56 Å². The van der Waals surface area contributed by atoms with Crippen LogP contribution in [0.3, 0.4) is 0 Å². The van der Waals surface area contributed by atoms with Crippen LogP contribution < -0.4 is 0 Å². The van der Waals surface area contributed by atoms with Gasteiger partial charge >= 0.3 is 0 Å². The molecule has 0 spiro atoms. The highest BCUT2D eigenvalue weighted by molar-refractivity contribution is 5.05. The third-order valence-electron chi connectivity index (χ3n) is 1.76. The summed E-state index contributed by atoms with van der Waals surface area (Å²) in [5.41, 5.74) is 0.936. The van der Waals surface area contributed by atoms with Crippen LogP contribution in [0.1, 0.15) is 12.5 Å². The molecule has 0 amide bonds. The summed E-state index contributed by atoms with van der Waals surface area (Å²) in [4.78, 5) is 0. The van der Waals surface area contributed by atoms with E-state index in [1.54, 1.807) is 17.8 Å². The summed E-state index contributed by atoms with van der Waals surface area (Å²) in [7, 11) is 1.82. The second-order valence-corrected chi connectivity index (χ2v) is 3.03. The molecule has 1 rings (SSSR count). The molecule has 0 fully saturated rings. The minimum atomic E-state index is -0.700. The molecular weight excluding hydrogens is 156 g/mol. The highest BCUT2D eigenvalue weighted by Gasteiger charge is 2.11. The van der Waals surface area contributed by atoms with Gasteiger partial charge in [-0.25, -0.2) is 0 Å². The molecule has 0 saturated heterocycles. The molecule has 0 aliphatic carbocycles. The summed E-state index contributed by atoms with van der Waals surface area (Å²) in [5.74, 6) is 0. The summed E-state index contributed by atoms with van der Waals surface area (Å²) >= 11 is 0. The molecule has 4 nitrogen and oxygen atoms in total. The Morgan fingerprint density at radius 1 is 1.58 bits per heavy atom. The van der Waals surface area contributed by atoms with E-state index in [1.807, 2.05) is 13.2 Å². The molecule has 2 atom stereocenters. The van der Waals surface area contributed by atoms with E-state index in [4.69, 9.17) is 5.11 Å². The van der Waals surface area contributed by atoms with Crippen LogP contribution in [0.25, 0.3) is 0 Å². The van der Waals surface area contributed by atoms with E-state index in [0.29, 0.717) is 6.42 Å². The summed E-state index contributed by atoms with van der Waals surface area (Å²) < 4.78 is 1.67. The first-order valence-electron chi connectivity index (χ1n) is 3.93. The maximum Gasteiger partial charge on any atom is 0.0837 e. The molecule has 2 N–H and O–H groups in total. The molecule has 1 aromatic rings. The number of rotatable bonds is 3. The predicted octanol–water partition coefficient (Wildman–Crippen LogP) is -0.296. The zero-order valence-electron chi connectivity index (χ0n) is 7.31. The van der Waals surface area contributed by atoms with Gasteiger partial charge in [0.2, 0.25) is 0 Å². The molecule has 0 aliphatic rings. The molecule has 4 heteroatoms. The number of hydrogen-bond donors (Lipinski definition) is 2. The smallest absolute Gasteiger partial charge is 0.0837 e. The maximum absolute atomic E-state index is 9.30. The fourth-order valence-electron chi connectivity index (χ4n) is 0.989. The van der Waals surface area contributed by atoms with Crippen molar-refractivity contribution in [3.63, 3.8) is 0 Å². The number of aliphatic hydroxyl groups excluding tert-OH is 2. The summed E-state index contributed by atoms with van der Waals surface area (Å²) in [6, 6.07) is 0. The Morgan fingerprint density at radius 3 is 2.67 bits per heavy atom. The van der Waals surface area contributed by atoms with Crippen molar-refractivity contribution in [3.05, 3.63) is 18.0 Å². The summed E-state index contributed by atoms with van der Waals surface area (Å²) in [5, 5.41) is 22.3. The monoisotopic (exact) mass is 170 g/mol. The molecular formula is C8H14N2O2. The number of nitrogens with zero attached hydrogens (tertiary/aromatic N) is 2. The average Bonchev–Trinajstić information content (AvgIpc) is 2.35. The van der Waals surface area contributed by atoms with Gasteiger partial charge < -0.3 is 10.2 Å². The van der Waals surface area contributed by atoms with E-state index in [2.05, 4.69) is 5.10 Å². The van der Waals surface area contributed by atoms with Gasteiger partial charge in [-0.3, -0.25) is 4.68 Å². The predicted molar refractivity (Wildman–Crippen MR) is 44.6 cm³/mol. The van der Waals surface area contributed by atoms with Gasteiger partial charge in [-0.1, -0.05) is 0 Å². The van der Waals surface area contributed by atoms with Crippen molar-refractivity contribution < 1.29 is 10.2 Å². The molecule has 0 bridgehead atoms. The lowest BCUT2D eigenvalue weighted by molar-refractivity contribution is 0.0319. The Balaban J connectivity index is 2.52. The van der Waals surface area contributed by atoms with Gasteiger partial charge in [0.05, 0.1) is 18.4 Å². The highest BCUT2D eigenvalue weighted by Crippen LogP contribution is 2.04. The van der Waals surface area contributed by atoms with Crippen molar-refractivity contribution in [3.8, 4) is 0 Å². The minimum Gasteiger partial charge on any atom is -0.391 e. The van der Waals surface area contributed by atoms with Crippen LogP contribution >= 0.6 is 0 Å². The average molecular weight is 170 g/mol. The normalized spacial score (nSPS) is 16.0. The third kappa shape index (κ3) is 2.32. The van der Waals surface area contributed by atoms with Crippen LogP contribution in [-0.4, -0.2) is 32.2 Å². The lowest BCUT2D eigenvalue weighted by Gasteiger charge is -2.11. The van der Waals surface area contributed by atoms with Crippen molar-refractivity contribution >= 4 is 0 Å². The zero-order chi connectivity index (χ0) is 9.14. The Morgan fingerprint density at radius 2 is 2.25 bits per heavy atom. The Bertz CT molecular complexity index is 245. The SMILES string of the molecule is CC(O)C(O)Cc1cnn(C)c1.